The van der Waals surface area contributed by atoms with E-state index < -0.39 is 18.4 Å². The third-order valence-electron chi connectivity index (χ3n) is 2.20. The van der Waals surface area contributed by atoms with Crippen LogP contribution in [0.25, 0.3) is 0 Å². The van der Waals surface area contributed by atoms with Crippen LogP contribution in [0.3, 0.4) is 0 Å². The van der Waals surface area contributed by atoms with Gasteiger partial charge in [-0.05, 0) is 24.6 Å². The maximum absolute atomic E-state index is 13.0. The smallest absolute Gasteiger partial charge is 0.389 e. The largest absolute Gasteiger partial charge is 0.389 e. The zero-order chi connectivity index (χ0) is 13.8. The van der Waals surface area contributed by atoms with E-state index in [1.54, 1.807) is 0 Å². The molecule has 0 aliphatic carbocycles. The summed E-state index contributed by atoms with van der Waals surface area (Å²) in [5, 5.41) is 2.76. The summed E-state index contributed by atoms with van der Waals surface area (Å²) >= 11 is 4.74. The number of anilines is 1. The van der Waals surface area contributed by atoms with Gasteiger partial charge in [-0.2, -0.15) is 13.2 Å². The number of alkyl halides is 3. The van der Waals surface area contributed by atoms with E-state index in [2.05, 4.69) is 5.32 Å². The Bertz CT molecular complexity index is 432. The van der Waals surface area contributed by atoms with Crippen LogP contribution in [0.15, 0.2) is 18.2 Å². The van der Waals surface area contributed by atoms with Gasteiger partial charge in [0.15, 0.2) is 0 Å². The number of nitrogens with two attached hydrogens (primary N) is 1. The summed E-state index contributed by atoms with van der Waals surface area (Å²) in [6.45, 7) is 0.112. The van der Waals surface area contributed by atoms with Crippen LogP contribution in [-0.2, 0) is 0 Å². The Labute approximate surface area is 107 Å². The third-order valence-corrected chi connectivity index (χ3v) is 2.42. The van der Waals surface area contributed by atoms with E-state index >= 15 is 0 Å². The number of thiocarbonyl (C=S) groups is 1. The maximum atomic E-state index is 13.0. The predicted molar refractivity (Wildman–Crippen MR) is 66.1 cm³/mol. The molecule has 0 unspecified atom stereocenters. The van der Waals surface area contributed by atoms with E-state index in [1.807, 2.05) is 0 Å². The molecule has 18 heavy (non-hydrogen) atoms. The third kappa shape index (κ3) is 4.87. The first kappa shape index (κ1) is 14.7. The van der Waals surface area contributed by atoms with E-state index in [-0.39, 0.29) is 23.5 Å². The van der Waals surface area contributed by atoms with Crippen molar-refractivity contribution >= 4 is 22.9 Å². The minimum atomic E-state index is -4.17. The van der Waals surface area contributed by atoms with Crippen LogP contribution in [0.4, 0.5) is 23.2 Å². The van der Waals surface area contributed by atoms with Gasteiger partial charge in [-0.15, -0.1) is 0 Å². The normalized spacial score (nSPS) is 11.3. The molecule has 0 radical (unpaired) electrons. The second kappa shape index (κ2) is 5.99. The predicted octanol–water partition coefficient (Wildman–Crippen LogP) is 3.21. The van der Waals surface area contributed by atoms with Crippen molar-refractivity contribution in [2.45, 2.75) is 19.0 Å². The van der Waals surface area contributed by atoms with Crippen molar-refractivity contribution in [3.8, 4) is 0 Å². The van der Waals surface area contributed by atoms with E-state index in [0.29, 0.717) is 5.69 Å². The lowest BCUT2D eigenvalue weighted by molar-refractivity contribution is -0.134. The van der Waals surface area contributed by atoms with Crippen LogP contribution in [0.2, 0.25) is 0 Å². The van der Waals surface area contributed by atoms with Gasteiger partial charge < -0.3 is 11.1 Å². The zero-order valence-corrected chi connectivity index (χ0v) is 10.2. The van der Waals surface area contributed by atoms with Crippen LogP contribution >= 0.6 is 12.2 Å². The first-order chi connectivity index (χ1) is 8.29. The molecule has 0 aromatic heterocycles. The van der Waals surface area contributed by atoms with Crippen LogP contribution in [0, 0.1) is 5.82 Å². The van der Waals surface area contributed by atoms with Crippen molar-refractivity contribution in [1.82, 2.24) is 0 Å². The average molecular weight is 280 g/mol. The Morgan fingerprint density at radius 1 is 1.33 bits per heavy atom. The summed E-state index contributed by atoms with van der Waals surface area (Å²) < 4.78 is 48.7. The minimum Gasteiger partial charge on any atom is -0.389 e. The van der Waals surface area contributed by atoms with Crippen LogP contribution in [0.1, 0.15) is 18.4 Å². The molecule has 0 amide bonds. The van der Waals surface area contributed by atoms with Gasteiger partial charge in [-0.1, -0.05) is 12.2 Å². The molecule has 0 atom stereocenters. The molecule has 0 saturated carbocycles. The van der Waals surface area contributed by atoms with E-state index in [0.717, 1.165) is 6.07 Å². The molecule has 2 nitrogen and oxygen atoms in total. The number of rotatable bonds is 5. The van der Waals surface area contributed by atoms with Gasteiger partial charge >= 0.3 is 6.18 Å². The van der Waals surface area contributed by atoms with Gasteiger partial charge in [0.05, 0.1) is 0 Å². The monoisotopic (exact) mass is 280 g/mol. The minimum absolute atomic E-state index is 0.00665. The summed E-state index contributed by atoms with van der Waals surface area (Å²) in [5.74, 6) is -0.501. The second-order valence-corrected chi connectivity index (χ2v) is 4.14. The van der Waals surface area contributed by atoms with Crippen molar-refractivity contribution < 1.29 is 17.6 Å². The van der Waals surface area contributed by atoms with Crippen molar-refractivity contribution in [3.63, 3.8) is 0 Å². The number of halogens is 4. The summed E-state index contributed by atoms with van der Waals surface area (Å²) in [5.41, 5.74) is 6.13. The summed E-state index contributed by atoms with van der Waals surface area (Å²) in [7, 11) is 0. The van der Waals surface area contributed by atoms with Gasteiger partial charge in [0.25, 0.3) is 0 Å². The highest BCUT2D eigenvalue weighted by Gasteiger charge is 2.25. The summed E-state index contributed by atoms with van der Waals surface area (Å²) in [6, 6.07) is 3.74. The highest BCUT2D eigenvalue weighted by Crippen LogP contribution is 2.22. The molecule has 0 spiro atoms. The highest BCUT2D eigenvalue weighted by molar-refractivity contribution is 7.80. The first-order valence-corrected chi connectivity index (χ1v) is 5.60. The molecule has 0 bridgehead atoms. The first-order valence-electron chi connectivity index (χ1n) is 5.19. The Balaban J connectivity index is 2.59. The Morgan fingerprint density at radius 2 is 2.00 bits per heavy atom. The van der Waals surface area contributed by atoms with Crippen LogP contribution < -0.4 is 11.1 Å². The molecular weight excluding hydrogens is 268 g/mol. The molecular formula is C11H12F4N2S. The molecule has 0 heterocycles. The van der Waals surface area contributed by atoms with E-state index in [9.17, 15) is 17.6 Å². The second-order valence-electron chi connectivity index (χ2n) is 3.70. The lowest BCUT2D eigenvalue weighted by Gasteiger charge is -2.12. The topological polar surface area (TPSA) is 38.0 Å². The summed E-state index contributed by atoms with van der Waals surface area (Å²) in [4.78, 5) is -0.00665. The quantitative estimate of drug-likeness (QED) is 0.494. The molecule has 1 aromatic rings. The number of hydrogen-bond acceptors (Lipinski definition) is 2. The van der Waals surface area contributed by atoms with Crippen molar-refractivity contribution in [1.29, 1.82) is 0 Å². The molecule has 3 N–H and O–H groups in total. The Kier molecular flexibility index (Phi) is 4.89. The van der Waals surface area contributed by atoms with Crippen LogP contribution in [0.5, 0.6) is 0 Å². The van der Waals surface area contributed by atoms with Gasteiger partial charge in [0, 0.05) is 24.2 Å². The average Bonchev–Trinajstić information content (AvgIpc) is 2.24. The lowest BCUT2D eigenvalue weighted by Crippen LogP contribution is -2.15. The van der Waals surface area contributed by atoms with Gasteiger partial charge in [-0.3, -0.25) is 0 Å². The molecule has 1 aromatic carbocycles. The molecule has 0 aliphatic heterocycles. The molecule has 100 valence electrons. The van der Waals surface area contributed by atoms with Crippen molar-refractivity contribution in [3.05, 3.63) is 29.6 Å². The highest BCUT2D eigenvalue weighted by atomic mass is 32.1. The molecule has 0 saturated heterocycles. The molecule has 0 fully saturated rings. The SMILES string of the molecule is NC(=S)c1cc(F)ccc1NCCCC(F)(F)F. The van der Waals surface area contributed by atoms with Gasteiger partial charge in [0.2, 0.25) is 0 Å². The number of nitrogens with one attached hydrogen (secondary N) is 1. The molecule has 1 rings (SSSR count). The molecule has 7 heteroatoms. The fourth-order valence-corrected chi connectivity index (χ4v) is 1.56. The van der Waals surface area contributed by atoms with Gasteiger partial charge in [0.1, 0.15) is 10.8 Å². The fourth-order valence-electron chi connectivity index (χ4n) is 1.39. The van der Waals surface area contributed by atoms with Crippen molar-refractivity contribution in [2.75, 3.05) is 11.9 Å². The maximum Gasteiger partial charge on any atom is 0.389 e. The zero-order valence-electron chi connectivity index (χ0n) is 9.35. The van der Waals surface area contributed by atoms with E-state index in [1.165, 1.54) is 12.1 Å². The number of benzene rings is 1. The Morgan fingerprint density at radius 3 is 2.56 bits per heavy atom. The fraction of sp³-hybridized carbons (Fsp3) is 0.364. The van der Waals surface area contributed by atoms with Crippen LogP contribution in [-0.4, -0.2) is 17.7 Å². The summed E-state index contributed by atoms with van der Waals surface area (Å²) in [6.07, 6.45) is -5.11. The lowest BCUT2D eigenvalue weighted by atomic mass is 10.1. The standard InChI is InChI=1S/C11H12F4N2S/c12-7-2-3-9(8(6-7)10(16)18)17-5-1-4-11(13,14)15/h2-3,6,17H,1,4-5H2,(H2,16,18). The Hall–Kier alpha value is -1.37. The molecule has 0 aliphatic rings. The van der Waals surface area contributed by atoms with E-state index in [4.69, 9.17) is 18.0 Å². The van der Waals surface area contributed by atoms with Gasteiger partial charge in [-0.25, -0.2) is 4.39 Å². The number of hydrogen-bond donors (Lipinski definition) is 2. The van der Waals surface area contributed by atoms with Crippen molar-refractivity contribution in [2.24, 2.45) is 5.73 Å².